The first-order valence-corrected chi connectivity index (χ1v) is 4.52. The van der Waals surface area contributed by atoms with E-state index in [0.717, 1.165) is 19.3 Å². The average molecular weight is 142 g/mol. The first-order chi connectivity index (χ1) is 4.41. The van der Waals surface area contributed by atoms with Crippen molar-refractivity contribution in [3.63, 3.8) is 0 Å². The van der Waals surface area contributed by atoms with E-state index in [9.17, 15) is 0 Å². The van der Waals surface area contributed by atoms with E-state index in [4.69, 9.17) is 9.16 Å². The van der Waals surface area contributed by atoms with Crippen LogP contribution in [0.3, 0.4) is 0 Å². The highest BCUT2D eigenvalue weighted by molar-refractivity contribution is 6.28. The normalized spacial score (nSPS) is 42.7. The molecule has 0 bridgehead atoms. The molecule has 2 fully saturated rings. The molecule has 2 aliphatic rings. The Labute approximate surface area is 57.5 Å². The molecular formula is C6H10O2Si. The fraction of sp³-hybridized carbons (Fsp3) is 1.00. The Bertz CT molecular complexity index is 86.1. The summed E-state index contributed by atoms with van der Waals surface area (Å²) in [6.07, 6.45) is 2.45. The Morgan fingerprint density at radius 1 is 1.44 bits per heavy atom. The van der Waals surface area contributed by atoms with Gasteiger partial charge < -0.3 is 9.16 Å². The second-order valence-electron chi connectivity index (χ2n) is 2.74. The maximum atomic E-state index is 5.58. The lowest BCUT2D eigenvalue weighted by Gasteiger charge is -2.18. The highest BCUT2D eigenvalue weighted by atomic mass is 28.2. The van der Waals surface area contributed by atoms with Gasteiger partial charge in [-0.2, -0.15) is 0 Å². The quantitative estimate of drug-likeness (QED) is 0.461. The summed E-state index contributed by atoms with van der Waals surface area (Å²) >= 11 is 0. The summed E-state index contributed by atoms with van der Waals surface area (Å²) in [4.78, 5) is 0. The number of hydrogen-bond acceptors (Lipinski definition) is 2. The average Bonchev–Trinajstić information content (AvgIpc) is 2.45. The van der Waals surface area contributed by atoms with Gasteiger partial charge in [0.05, 0.1) is 12.2 Å². The van der Waals surface area contributed by atoms with Crippen molar-refractivity contribution in [1.82, 2.24) is 0 Å². The van der Waals surface area contributed by atoms with E-state index in [1.165, 1.54) is 12.8 Å². The molecule has 1 unspecified atom stereocenters. The van der Waals surface area contributed by atoms with E-state index in [1.54, 1.807) is 0 Å². The number of ether oxygens (including phenoxy) is 1. The van der Waals surface area contributed by atoms with Gasteiger partial charge in [-0.1, -0.05) is 0 Å². The molecule has 0 aliphatic carbocycles. The SMILES string of the molecule is C1COC2(C1)CO[Si]C2. The van der Waals surface area contributed by atoms with Crippen molar-refractivity contribution in [1.29, 1.82) is 0 Å². The Morgan fingerprint density at radius 2 is 2.44 bits per heavy atom. The zero-order valence-electron chi connectivity index (χ0n) is 5.35. The molecule has 1 spiro atoms. The highest BCUT2D eigenvalue weighted by Crippen LogP contribution is 2.32. The summed E-state index contributed by atoms with van der Waals surface area (Å²) in [5.41, 5.74) is 0.179. The van der Waals surface area contributed by atoms with Crippen molar-refractivity contribution in [2.75, 3.05) is 13.2 Å². The maximum absolute atomic E-state index is 5.58. The van der Waals surface area contributed by atoms with Gasteiger partial charge in [-0.25, -0.2) is 0 Å². The predicted molar refractivity (Wildman–Crippen MR) is 34.4 cm³/mol. The lowest BCUT2D eigenvalue weighted by atomic mass is 10.0. The summed E-state index contributed by atoms with van der Waals surface area (Å²) in [7, 11) is 0.689. The molecule has 0 N–H and O–H groups in total. The molecule has 2 nitrogen and oxygen atoms in total. The van der Waals surface area contributed by atoms with Gasteiger partial charge in [0.1, 0.15) is 0 Å². The van der Waals surface area contributed by atoms with Crippen molar-refractivity contribution in [2.24, 2.45) is 0 Å². The Balaban J connectivity index is 2.04. The molecule has 2 radical (unpaired) electrons. The van der Waals surface area contributed by atoms with Gasteiger partial charge in [-0.05, 0) is 18.9 Å². The van der Waals surface area contributed by atoms with Gasteiger partial charge in [-0.3, -0.25) is 0 Å². The predicted octanol–water partition coefficient (Wildman–Crippen LogP) is 0.603. The maximum Gasteiger partial charge on any atom is 0.232 e. The summed E-state index contributed by atoms with van der Waals surface area (Å²) in [5, 5.41) is 0. The van der Waals surface area contributed by atoms with Gasteiger partial charge in [0.25, 0.3) is 0 Å². The molecule has 50 valence electrons. The summed E-state index contributed by atoms with van der Waals surface area (Å²) < 4.78 is 10.9. The van der Waals surface area contributed by atoms with Gasteiger partial charge in [0.2, 0.25) is 9.76 Å². The first kappa shape index (κ1) is 5.89. The standard InChI is InChI=1S/C6H10O2Si/c1-2-6(7-3-1)4-8-9-5-6/h1-5H2. The third-order valence-corrected chi connectivity index (χ3v) is 3.15. The van der Waals surface area contributed by atoms with Crippen LogP contribution in [0.1, 0.15) is 12.8 Å². The van der Waals surface area contributed by atoms with Gasteiger partial charge >= 0.3 is 0 Å². The monoisotopic (exact) mass is 142 g/mol. The smallest absolute Gasteiger partial charge is 0.232 e. The second-order valence-corrected chi connectivity index (χ2v) is 3.68. The molecule has 0 aromatic carbocycles. The van der Waals surface area contributed by atoms with E-state index in [2.05, 4.69) is 0 Å². The van der Waals surface area contributed by atoms with Gasteiger partial charge in [0.15, 0.2) is 0 Å². The summed E-state index contributed by atoms with van der Waals surface area (Å²) in [5.74, 6) is 0. The Kier molecular flexibility index (Phi) is 1.36. The van der Waals surface area contributed by atoms with Crippen LogP contribution < -0.4 is 0 Å². The minimum Gasteiger partial charge on any atom is -0.414 e. The van der Waals surface area contributed by atoms with Crippen molar-refractivity contribution in [3.05, 3.63) is 0 Å². The largest absolute Gasteiger partial charge is 0.414 e. The zero-order chi connectivity index (χ0) is 6.16. The van der Waals surface area contributed by atoms with Crippen LogP contribution in [0, 0.1) is 0 Å². The Morgan fingerprint density at radius 3 is 3.00 bits per heavy atom. The topological polar surface area (TPSA) is 18.5 Å². The molecular weight excluding hydrogens is 132 g/mol. The molecule has 9 heavy (non-hydrogen) atoms. The molecule has 0 saturated carbocycles. The molecule has 0 amide bonds. The van der Waals surface area contributed by atoms with Crippen LogP contribution in [0.25, 0.3) is 0 Å². The van der Waals surface area contributed by atoms with E-state index >= 15 is 0 Å². The van der Waals surface area contributed by atoms with Crippen LogP contribution in [0.2, 0.25) is 6.04 Å². The van der Waals surface area contributed by atoms with Crippen LogP contribution in [-0.2, 0) is 9.16 Å². The van der Waals surface area contributed by atoms with Crippen LogP contribution in [0.15, 0.2) is 0 Å². The lowest BCUT2D eigenvalue weighted by molar-refractivity contribution is 0.00504. The van der Waals surface area contributed by atoms with Crippen molar-refractivity contribution in [3.8, 4) is 0 Å². The fourth-order valence-corrected chi connectivity index (χ4v) is 2.54. The molecule has 2 heterocycles. The fourth-order valence-electron chi connectivity index (χ4n) is 1.42. The van der Waals surface area contributed by atoms with Crippen LogP contribution in [0.5, 0.6) is 0 Å². The third-order valence-electron chi connectivity index (χ3n) is 2.02. The molecule has 0 aromatic heterocycles. The molecule has 1 atom stereocenters. The molecule has 2 saturated heterocycles. The Hall–Kier alpha value is 0.137. The number of hydrogen-bond donors (Lipinski definition) is 0. The van der Waals surface area contributed by atoms with Crippen molar-refractivity contribution in [2.45, 2.75) is 24.5 Å². The van der Waals surface area contributed by atoms with Gasteiger partial charge in [0, 0.05) is 6.61 Å². The summed E-state index contributed by atoms with van der Waals surface area (Å²) in [6.45, 7) is 1.80. The van der Waals surface area contributed by atoms with Crippen LogP contribution in [0.4, 0.5) is 0 Å². The van der Waals surface area contributed by atoms with E-state index in [1.807, 2.05) is 0 Å². The highest BCUT2D eigenvalue weighted by Gasteiger charge is 2.39. The third kappa shape index (κ3) is 0.932. The van der Waals surface area contributed by atoms with E-state index < -0.39 is 0 Å². The van der Waals surface area contributed by atoms with Crippen LogP contribution >= 0.6 is 0 Å². The minimum absolute atomic E-state index is 0.179. The minimum atomic E-state index is 0.179. The van der Waals surface area contributed by atoms with E-state index in [-0.39, 0.29) is 5.60 Å². The zero-order valence-corrected chi connectivity index (χ0v) is 6.35. The molecule has 2 rings (SSSR count). The molecule has 3 heteroatoms. The number of rotatable bonds is 0. The summed E-state index contributed by atoms with van der Waals surface area (Å²) in [6, 6.07) is 1.15. The first-order valence-electron chi connectivity index (χ1n) is 3.40. The molecule has 0 aromatic rings. The van der Waals surface area contributed by atoms with Crippen molar-refractivity contribution >= 4 is 9.76 Å². The van der Waals surface area contributed by atoms with Gasteiger partial charge in [-0.15, -0.1) is 0 Å². The molecule has 2 aliphatic heterocycles. The van der Waals surface area contributed by atoms with E-state index in [0.29, 0.717) is 9.76 Å². The van der Waals surface area contributed by atoms with Crippen LogP contribution in [-0.4, -0.2) is 28.6 Å². The lowest BCUT2D eigenvalue weighted by Crippen LogP contribution is -2.26. The second kappa shape index (κ2) is 2.07. The van der Waals surface area contributed by atoms with Crippen molar-refractivity contribution < 1.29 is 9.16 Å².